The second-order valence-corrected chi connectivity index (χ2v) is 12.7. The Labute approximate surface area is 277 Å². The van der Waals surface area contributed by atoms with Crippen molar-refractivity contribution in [3.63, 3.8) is 0 Å². The van der Waals surface area contributed by atoms with Gasteiger partial charge in [0.05, 0.1) is 24.9 Å². The Morgan fingerprint density at radius 1 is 0.896 bits per heavy atom. The molecule has 3 saturated heterocycles. The van der Waals surface area contributed by atoms with Crippen molar-refractivity contribution in [3.8, 4) is 11.1 Å². The van der Waals surface area contributed by atoms with E-state index < -0.39 is 30.3 Å². The monoisotopic (exact) mass is 667 g/mol. The van der Waals surface area contributed by atoms with E-state index in [9.17, 15) is 33.0 Å². The summed E-state index contributed by atoms with van der Waals surface area (Å²) in [5, 5.41) is 22.2. The summed E-state index contributed by atoms with van der Waals surface area (Å²) in [6.45, 7) is 2.09. The highest BCUT2D eigenvalue weighted by Crippen LogP contribution is 2.39. The molecule has 0 spiro atoms. The van der Waals surface area contributed by atoms with Gasteiger partial charge in [-0.3, -0.25) is 14.5 Å². The van der Waals surface area contributed by atoms with Crippen LogP contribution in [0.15, 0.2) is 72.8 Å². The number of nitrogens with one attached hydrogen (secondary N) is 1. The van der Waals surface area contributed by atoms with Crippen molar-refractivity contribution in [2.24, 2.45) is 0 Å². The lowest BCUT2D eigenvalue weighted by molar-refractivity contribution is -0.252. The van der Waals surface area contributed by atoms with Gasteiger partial charge in [0.15, 0.2) is 6.29 Å². The number of halogens is 3. The largest absolute Gasteiger partial charge is 0.471 e. The number of carbonyl (C=O) groups excluding carboxylic acids is 2. The predicted molar refractivity (Wildman–Crippen MR) is 170 cm³/mol. The van der Waals surface area contributed by atoms with Gasteiger partial charge in [-0.1, -0.05) is 66.7 Å². The Morgan fingerprint density at radius 3 is 2.33 bits per heavy atom. The highest BCUT2D eigenvalue weighted by Gasteiger charge is 2.47. The van der Waals surface area contributed by atoms with Crippen LogP contribution in [0.25, 0.3) is 11.1 Å². The van der Waals surface area contributed by atoms with Crippen LogP contribution in [0.1, 0.15) is 60.3 Å². The second kappa shape index (κ2) is 14.8. The Bertz CT molecular complexity index is 1570. The molecule has 3 aliphatic heterocycles. The quantitative estimate of drug-likeness (QED) is 0.305. The van der Waals surface area contributed by atoms with Crippen molar-refractivity contribution in [2.45, 2.75) is 75.7 Å². The van der Waals surface area contributed by atoms with Crippen molar-refractivity contribution in [1.82, 2.24) is 15.1 Å². The molecule has 0 saturated carbocycles. The summed E-state index contributed by atoms with van der Waals surface area (Å²) < 4.78 is 51.9. The minimum absolute atomic E-state index is 0.0337. The van der Waals surface area contributed by atoms with Crippen LogP contribution in [0.4, 0.5) is 13.2 Å². The van der Waals surface area contributed by atoms with E-state index in [1.807, 2.05) is 72.8 Å². The number of aliphatic hydroxyl groups is 2. The molecule has 3 aromatic rings. The van der Waals surface area contributed by atoms with Gasteiger partial charge in [-0.05, 0) is 53.1 Å². The van der Waals surface area contributed by atoms with Gasteiger partial charge in [0.2, 0.25) is 5.91 Å². The number of amides is 2. The minimum Gasteiger partial charge on any atom is -0.392 e. The van der Waals surface area contributed by atoms with Gasteiger partial charge >= 0.3 is 12.1 Å². The van der Waals surface area contributed by atoms with Gasteiger partial charge in [0, 0.05) is 44.7 Å². The van der Waals surface area contributed by atoms with Crippen LogP contribution >= 0.6 is 0 Å². The fourth-order valence-corrected chi connectivity index (χ4v) is 6.74. The maximum Gasteiger partial charge on any atom is 0.471 e. The van der Waals surface area contributed by atoms with Gasteiger partial charge in [0.25, 0.3) is 0 Å². The average molecular weight is 668 g/mol. The van der Waals surface area contributed by atoms with Crippen LogP contribution in [0.5, 0.6) is 0 Å². The summed E-state index contributed by atoms with van der Waals surface area (Å²) in [5.41, 5.74) is 5.24. The summed E-state index contributed by atoms with van der Waals surface area (Å²) in [5.74, 6) is -2.59. The average Bonchev–Trinajstić information content (AvgIpc) is 3.75. The van der Waals surface area contributed by atoms with Crippen molar-refractivity contribution in [1.29, 1.82) is 0 Å². The van der Waals surface area contributed by atoms with E-state index in [1.54, 1.807) is 0 Å². The van der Waals surface area contributed by atoms with Crippen LogP contribution < -0.4 is 5.32 Å². The van der Waals surface area contributed by atoms with E-state index in [-0.39, 0.29) is 44.4 Å². The van der Waals surface area contributed by atoms with Gasteiger partial charge < -0.3 is 29.9 Å². The van der Waals surface area contributed by atoms with Crippen LogP contribution in [0.2, 0.25) is 0 Å². The number of alkyl halides is 3. The second-order valence-electron chi connectivity index (χ2n) is 12.7. The highest BCUT2D eigenvalue weighted by atomic mass is 19.4. The van der Waals surface area contributed by atoms with Crippen LogP contribution in [0.3, 0.4) is 0 Å². The smallest absolute Gasteiger partial charge is 0.392 e. The van der Waals surface area contributed by atoms with E-state index in [0.717, 1.165) is 46.3 Å². The van der Waals surface area contributed by atoms with E-state index in [2.05, 4.69) is 10.2 Å². The first-order chi connectivity index (χ1) is 23.1. The maximum absolute atomic E-state index is 13.0. The van der Waals surface area contributed by atoms with Crippen LogP contribution in [-0.4, -0.2) is 82.4 Å². The zero-order valence-corrected chi connectivity index (χ0v) is 26.4. The number of hydrogen-bond acceptors (Lipinski definition) is 7. The maximum atomic E-state index is 13.0. The van der Waals surface area contributed by atoms with Crippen molar-refractivity contribution in [3.05, 3.63) is 95.1 Å². The minimum atomic E-state index is -5.02. The first-order valence-electron chi connectivity index (χ1n) is 16.3. The molecule has 3 aromatic carbocycles. The number of ether oxygens (including phenoxy) is 2. The van der Waals surface area contributed by atoms with E-state index in [1.165, 1.54) is 0 Å². The number of benzene rings is 3. The van der Waals surface area contributed by atoms with E-state index >= 15 is 0 Å². The molecular weight excluding hydrogens is 627 g/mol. The molecule has 48 heavy (non-hydrogen) atoms. The SMILES string of the molecule is O=C(NCc1cccc(-c2ccc([C@H]3O[C@@H](CN4CC[C@H](O)C4)C[C@@H](c4ccc(CO)cc4)O3)cc2)c1)[C@@H]1CCCN1C(=O)C(F)(F)F. The molecule has 0 aliphatic carbocycles. The lowest BCUT2D eigenvalue weighted by Gasteiger charge is -2.37. The highest BCUT2D eigenvalue weighted by molar-refractivity contribution is 5.90. The molecular formula is C36H40F3N3O6. The number of aliphatic hydroxyl groups excluding tert-OH is 2. The molecule has 0 bridgehead atoms. The molecule has 12 heteroatoms. The summed E-state index contributed by atoms with van der Waals surface area (Å²) in [4.78, 5) is 27.4. The standard InChI is InChI=1S/C36H40F3N3O6/c37-36(38,39)35(46)42-15-2-5-31(42)33(45)40-19-24-3-1-4-28(17-24)25-10-12-27(13-11-25)34-47-30(21-41-16-14-29(44)20-41)18-32(48-34)26-8-6-23(22-43)7-9-26/h1,3-4,6-13,17,29-32,34,43-44H,2,5,14-16,18-22H2,(H,40,45)/t29-,30+,31-,32-,34-/m0/s1. The Kier molecular flexibility index (Phi) is 10.5. The zero-order valence-electron chi connectivity index (χ0n) is 26.4. The first-order valence-corrected chi connectivity index (χ1v) is 16.3. The first kappa shape index (κ1) is 34.1. The summed E-state index contributed by atoms with van der Waals surface area (Å²) >= 11 is 0. The lowest BCUT2D eigenvalue weighted by Crippen LogP contribution is -2.50. The molecule has 3 heterocycles. The third-order valence-corrected chi connectivity index (χ3v) is 9.29. The molecule has 5 atom stereocenters. The molecule has 9 nitrogen and oxygen atoms in total. The van der Waals surface area contributed by atoms with Gasteiger partial charge in [-0.25, -0.2) is 0 Å². The molecule has 0 aromatic heterocycles. The third-order valence-electron chi connectivity index (χ3n) is 9.29. The van der Waals surface area contributed by atoms with E-state index in [4.69, 9.17) is 9.47 Å². The Morgan fingerprint density at radius 2 is 1.65 bits per heavy atom. The molecule has 3 aliphatic rings. The fraction of sp³-hybridized carbons (Fsp3) is 0.444. The predicted octanol–water partition coefficient (Wildman–Crippen LogP) is 4.63. The lowest BCUT2D eigenvalue weighted by atomic mass is 9.99. The number of carbonyl (C=O) groups is 2. The van der Waals surface area contributed by atoms with E-state index in [0.29, 0.717) is 30.8 Å². The Balaban J connectivity index is 1.12. The summed E-state index contributed by atoms with van der Waals surface area (Å²) in [6, 6.07) is 21.9. The third kappa shape index (κ3) is 8.07. The number of rotatable bonds is 9. The Hall–Kier alpha value is -3.81. The van der Waals surface area contributed by atoms with Gasteiger partial charge in [-0.15, -0.1) is 0 Å². The molecule has 3 fully saturated rings. The molecule has 0 unspecified atom stereocenters. The number of β-amino-alcohol motifs (C(OH)–C–C–N with tert-alkyl or cyclic N) is 1. The van der Waals surface area contributed by atoms with Crippen LogP contribution in [0, 0.1) is 0 Å². The number of hydrogen-bond donors (Lipinski definition) is 3. The van der Waals surface area contributed by atoms with Gasteiger partial charge in [0.1, 0.15) is 6.04 Å². The number of likely N-dealkylation sites (tertiary alicyclic amines) is 2. The molecule has 3 N–H and O–H groups in total. The molecule has 6 rings (SSSR count). The van der Waals surface area contributed by atoms with Crippen molar-refractivity contribution >= 4 is 11.8 Å². The fourth-order valence-electron chi connectivity index (χ4n) is 6.74. The van der Waals surface area contributed by atoms with Crippen molar-refractivity contribution in [2.75, 3.05) is 26.2 Å². The van der Waals surface area contributed by atoms with Gasteiger partial charge in [-0.2, -0.15) is 13.2 Å². The topological polar surface area (TPSA) is 112 Å². The molecule has 2 amide bonds. The zero-order chi connectivity index (χ0) is 33.8. The normalized spacial score (nSPS) is 24.9. The van der Waals surface area contributed by atoms with Crippen LogP contribution in [-0.2, 0) is 32.2 Å². The molecule has 256 valence electrons. The summed E-state index contributed by atoms with van der Waals surface area (Å²) in [6.07, 6.45) is -4.37. The summed E-state index contributed by atoms with van der Waals surface area (Å²) in [7, 11) is 0. The molecule has 0 radical (unpaired) electrons. The van der Waals surface area contributed by atoms with Crippen molar-refractivity contribution < 1.29 is 42.4 Å². The number of nitrogens with zero attached hydrogens (tertiary/aromatic N) is 2.